The van der Waals surface area contributed by atoms with Crippen LogP contribution in [0.1, 0.15) is 29.2 Å². The predicted octanol–water partition coefficient (Wildman–Crippen LogP) is 0.724. The van der Waals surface area contributed by atoms with Crippen molar-refractivity contribution in [3.8, 4) is 5.75 Å². The molecule has 1 atom stereocenters. The largest absolute Gasteiger partial charge is 0.508 e. The van der Waals surface area contributed by atoms with Gasteiger partial charge < -0.3 is 15.9 Å². The number of hydrogen-bond acceptors (Lipinski definition) is 3. The molecular weight excluding hydrogens is 246 g/mol. The van der Waals surface area contributed by atoms with E-state index in [1.165, 1.54) is 12.1 Å². The van der Waals surface area contributed by atoms with Crippen LogP contribution in [0.25, 0.3) is 0 Å². The molecule has 5 N–H and O–H groups in total. The average molecular weight is 261 g/mol. The summed E-state index contributed by atoms with van der Waals surface area (Å²) in [6, 6.07) is 6.38. The van der Waals surface area contributed by atoms with Crippen LogP contribution in [-0.2, 0) is 4.79 Å². The summed E-state index contributed by atoms with van der Waals surface area (Å²) in [5.41, 5.74) is 6.90. The molecule has 2 aromatic rings. The number of rotatable bonds is 4. The summed E-state index contributed by atoms with van der Waals surface area (Å²) in [4.78, 5) is 23.0. The third-order valence-electron chi connectivity index (χ3n) is 3.06. The summed E-state index contributed by atoms with van der Waals surface area (Å²) in [5.74, 6) is -0.785. The van der Waals surface area contributed by atoms with E-state index in [1.807, 2.05) is 0 Å². The molecule has 0 unspecified atom stereocenters. The summed E-state index contributed by atoms with van der Waals surface area (Å²) in [5, 5.41) is 14.5. The van der Waals surface area contributed by atoms with Gasteiger partial charge in [0.25, 0.3) is 5.56 Å². The lowest BCUT2D eigenvalue weighted by Crippen LogP contribution is -2.20. The second kappa shape index (κ2) is 5.01. The highest BCUT2D eigenvalue weighted by Crippen LogP contribution is 2.28. The highest BCUT2D eigenvalue weighted by molar-refractivity contribution is 5.75. The molecule has 19 heavy (non-hydrogen) atoms. The van der Waals surface area contributed by atoms with Crippen LogP contribution < -0.4 is 11.3 Å². The second-order valence-electron chi connectivity index (χ2n) is 4.43. The van der Waals surface area contributed by atoms with Crippen LogP contribution in [-0.4, -0.2) is 21.2 Å². The van der Waals surface area contributed by atoms with E-state index in [0.29, 0.717) is 11.3 Å². The van der Waals surface area contributed by atoms with Gasteiger partial charge in [-0.2, -0.15) is 0 Å². The average Bonchev–Trinajstić information content (AvgIpc) is 2.67. The van der Waals surface area contributed by atoms with E-state index in [1.54, 1.807) is 19.1 Å². The number of nitrogens with two attached hydrogens (primary N) is 1. The Balaban J connectivity index is 2.50. The summed E-state index contributed by atoms with van der Waals surface area (Å²) in [6.07, 6.45) is 0.0343. The molecule has 1 aromatic heterocycles. The van der Waals surface area contributed by atoms with Gasteiger partial charge >= 0.3 is 0 Å². The maximum atomic E-state index is 11.8. The molecule has 6 nitrogen and oxygen atoms in total. The molecule has 0 aliphatic carbocycles. The number of hydrogen-bond donors (Lipinski definition) is 4. The van der Waals surface area contributed by atoms with Crippen LogP contribution in [0.15, 0.2) is 29.1 Å². The van der Waals surface area contributed by atoms with Crippen molar-refractivity contribution in [3.63, 3.8) is 0 Å². The summed E-state index contributed by atoms with van der Waals surface area (Å²) < 4.78 is 0. The van der Waals surface area contributed by atoms with Crippen LogP contribution in [0, 0.1) is 6.92 Å². The van der Waals surface area contributed by atoms with E-state index in [9.17, 15) is 14.7 Å². The minimum Gasteiger partial charge on any atom is -0.508 e. The van der Waals surface area contributed by atoms with E-state index in [2.05, 4.69) is 10.2 Å². The minimum absolute atomic E-state index is 0.0343. The number of nitrogens with one attached hydrogen (secondary N) is 2. The number of phenols is 1. The van der Waals surface area contributed by atoms with Crippen molar-refractivity contribution in [2.75, 3.05) is 0 Å². The Labute approximate surface area is 109 Å². The van der Waals surface area contributed by atoms with Gasteiger partial charge in [0.1, 0.15) is 5.75 Å². The lowest BCUT2D eigenvalue weighted by molar-refractivity contribution is -0.118. The molecule has 6 heteroatoms. The van der Waals surface area contributed by atoms with Crippen LogP contribution in [0.5, 0.6) is 5.75 Å². The van der Waals surface area contributed by atoms with Gasteiger partial charge in [-0.25, -0.2) is 0 Å². The normalized spacial score (nSPS) is 12.3. The predicted molar refractivity (Wildman–Crippen MR) is 69.9 cm³/mol. The van der Waals surface area contributed by atoms with Gasteiger partial charge in [-0.3, -0.25) is 14.7 Å². The maximum absolute atomic E-state index is 11.8. The van der Waals surface area contributed by atoms with Crippen molar-refractivity contribution in [3.05, 3.63) is 51.4 Å². The molecule has 0 bridgehead atoms. The number of primary amides is 1. The first-order valence-corrected chi connectivity index (χ1v) is 5.83. The first-order valence-electron chi connectivity index (χ1n) is 5.83. The molecule has 0 fully saturated rings. The van der Waals surface area contributed by atoms with Gasteiger partial charge in [0.15, 0.2) is 0 Å². The molecule has 0 radical (unpaired) electrons. The SMILES string of the molecule is Cc1[nH][nH]c(=O)c1[C@@H](CC(N)=O)c1ccc(O)cc1. The fraction of sp³-hybridized carbons (Fsp3) is 0.231. The molecule has 0 aliphatic rings. The topological polar surface area (TPSA) is 112 Å². The Kier molecular flexibility index (Phi) is 3.41. The number of aromatic nitrogens is 2. The monoisotopic (exact) mass is 261 g/mol. The van der Waals surface area contributed by atoms with E-state index in [-0.39, 0.29) is 17.7 Å². The van der Waals surface area contributed by atoms with Gasteiger partial charge in [0.05, 0.1) is 0 Å². The van der Waals surface area contributed by atoms with Crippen LogP contribution >= 0.6 is 0 Å². The molecule has 100 valence electrons. The number of aromatic amines is 2. The Bertz CT molecular complexity index is 640. The molecule has 1 amide bonds. The lowest BCUT2D eigenvalue weighted by Gasteiger charge is -2.14. The molecule has 1 heterocycles. The molecule has 2 rings (SSSR count). The zero-order chi connectivity index (χ0) is 14.0. The molecule has 0 aliphatic heterocycles. The second-order valence-corrected chi connectivity index (χ2v) is 4.43. The quantitative estimate of drug-likeness (QED) is 0.650. The van der Waals surface area contributed by atoms with Crippen LogP contribution in [0.4, 0.5) is 0 Å². The van der Waals surface area contributed by atoms with Crippen molar-refractivity contribution in [1.29, 1.82) is 0 Å². The zero-order valence-corrected chi connectivity index (χ0v) is 10.4. The van der Waals surface area contributed by atoms with Gasteiger partial charge in [-0.1, -0.05) is 12.1 Å². The first-order chi connectivity index (χ1) is 8.99. The van der Waals surface area contributed by atoms with Crippen molar-refractivity contribution in [1.82, 2.24) is 10.2 Å². The van der Waals surface area contributed by atoms with E-state index < -0.39 is 11.8 Å². The molecule has 0 spiro atoms. The van der Waals surface area contributed by atoms with Crippen LogP contribution in [0.3, 0.4) is 0 Å². The standard InChI is InChI=1S/C13H15N3O3/c1-7-12(13(19)16-15-7)10(6-11(14)18)8-2-4-9(17)5-3-8/h2-5,10,17H,6H2,1H3,(H2,14,18)(H2,15,16,19)/t10-/m0/s1. The fourth-order valence-corrected chi connectivity index (χ4v) is 2.17. The number of phenolic OH excluding ortho intramolecular Hbond substituents is 1. The number of H-pyrrole nitrogens is 2. The molecule has 0 saturated carbocycles. The number of benzene rings is 1. The van der Waals surface area contributed by atoms with E-state index in [0.717, 1.165) is 5.56 Å². The van der Waals surface area contributed by atoms with Crippen molar-refractivity contribution in [2.24, 2.45) is 5.73 Å². The molecular formula is C13H15N3O3. The number of amides is 1. The zero-order valence-electron chi connectivity index (χ0n) is 10.4. The Hall–Kier alpha value is -2.50. The molecule has 0 saturated heterocycles. The minimum atomic E-state index is -0.488. The number of aryl methyl sites for hydroxylation is 1. The number of aromatic hydroxyl groups is 1. The van der Waals surface area contributed by atoms with Crippen molar-refractivity contribution >= 4 is 5.91 Å². The van der Waals surface area contributed by atoms with Gasteiger partial charge in [0.2, 0.25) is 5.91 Å². The third kappa shape index (κ3) is 2.67. The van der Waals surface area contributed by atoms with E-state index >= 15 is 0 Å². The van der Waals surface area contributed by atoms with Crippen molar-refractivity contribution < 1.29 is 9.90 Å². The number of carbonyl (C=O) groups excluding carboxylic acids is 1. The Morgan fingerprint density at radius 1 is 1.32 bits per heavy atom. The third-order valence-corrected chi connectivity index (χ3v) is 3.06. The van der Waals surface area contributed by atoms with Crippen LogP contribution in [0.2, 0.25) is 0 Å². The highest BCUT2D eigenvalue weighted by Gasteiger charge is 2.22. The summed E-state index contributed by atoms with van der Waals surface area (Å²) >= 11 is 0. The van der Waals surface area contributed by atoms with Gasteiger partial charge in [0, 0.05) is 23.6 Å². The fourth-order valence-electron chi connectivity index (χ4n) is 2.17. The number of carbonyl (C=O) groups is 1. The van der Waals surface area contributed by atoms with Gasteiger partial charge in [-0.05, 0) is 24.6 Å². The first kappa shape index (κ1) is 12.9. The highest BCUT2D eigenvalue weighted by atomic mass is 16.3. The summed E-state index contributed by atoms with van der Waals surface area (Å²) in [7, 11) is 0. The maximum Gasteiger partial charge on any atom is 0.267 e. The van der Waals surface area contributed by atoms with Crippen molar-refractivity contribution in [2.45, 2.75) is 19.3 Å². The van der Waals surface area contributed by atoms with Gasteiger partial charge in [-0.15, -0.1) is 0 Å². The summed E-state index contributed by atoms with van der Waals surface area (Å²) in [6.45, 7) is 1.75. The Morgan fingerprint density at radius 2 is 1.95 bits per heavy atom. The lowest BCUT2D eigenvalue weighted by atomic mass is 9.88. The Morgan fingerprint density at radius 3 is 2.42 bits per heavy atom. The molecule has 1 aromatic carbocycles. The van der Waals surface area contributed by atoms with E-state index in [4.69, 9.17) is 5.73 Å². The smallest absolute Gasteiger partial charge is 0.267 e.